The summed E-state index contributed by atoms with van der Waals surface area (Å²) in [7, 11) is 1.89. The van der Waals surface area contributed by atoms with Gasteiger partial charge in [0.25, 0.3) is 5.91 Å². The van der Waals surface area contributed by atoms with E-state index in [0.29, 0.717) is 4.80 Å². The summed E-state index contributed by atoms with van der Waals surface area (Å²) in [5.74, 6) is -0.885. The molecule has 118 valence electrons. The molecule has 0 saturated heterocycles. The van der Waals surface area contributed by atoms with Crippen LogP contribution < -0.4 is 4.80 Å². The smallest absolute Gasteiger partial charge is 0.279 e. The molecule has 4 rings (SSSR count). The maximum atomic E-state index is 13.3. The number of carbonyl (C=O) groups excluding carboxylic acids is 1. The van der Waals surface area contributed by atoms with E-state index in [1.165, 1.54) is 29.5 Å². The van der Waals surface area contributed by atoms with Gasteiger partial charge in [-0.3, -0.25) is 4.79 Å². The van der Waals surface area contributed by atoms with Crippen LogP contribution in [-0.4, -0.2) is 10.5 Å². The zero-order valence-corrected chi connectivity index (χ0v) is 13.7. The number of thiazole rings is 1. The number of benzene rings is 3. The molecule has 1 aromatic heterocycles. The molecule has 0 atom stereocenters. The Hall–Kier alpha value is -2.79. The number of hydrogen-bond acceptors (Lipinski definition) is 2. The van der Waals surface area contributed by atoms with Crippen molar-refractivity contribution < 1.29 is 9.18 Å². The van der Waals surface area contributed by atoms with Gasteiger partial charge in [-0.05, 0) is 29.7 Å². The molecule has 5 heteroatoms. The van der Waals surface area contributed by atoms with E-state index in [1.807, 2.05) is 29.8 Å². The predicted molar refractivity (Wildman–Crippen MR) is 94.6 cm³/mol. The first-order valence-electron chi connectivity index (χ1n) is 7.45. The van der Waals surface area contributed by atoms with Gasteiger partial charge in [0.1, 0.15) is 5.82 Å². The minimum Gasteiger partial charge on any atom is -0.319 e. The third-order valence-electron chi connectivity index (χ3n) is 3.96. The van der Waals surface area contributed by atoms with E-state index in [4.69, 9.17) is 0 Å². The van der Waals surface area contributed by atoms with Crippen molar-refractivity contribution in [1.29, 1.82) is 0 Å². The van der Waals surface area contributed by atoms with Crippen LogP contribution in [0.4, 0.5) is 4.39 Å². The summed E-state index contributed by atoms with van der Waals surface area (Å²) >= 11 is 1.45. The third kappa shape index (κ3) is 2.43. The highest BCUT2D eigenvalue weighted by molar-refractivity contribution is 7.16. The van der Waals surface area contributed by atoms with Crippen molar-refractivity contribution in [1.82, 2.24) is 4.57 Å². The Morgan fingerprint density at radius 3 is 2.75 bits per heavy atom. The van der Waals surface area contributed by atoms with Gasteiger partial charge in [-0.2, -0.15) is 4.99 Å². The van der Waals surface area contributed by atoms with Crippen LogP contribution in [0.15, 0.2) is 65.7 Å². The standard InChI is InChI=1S/C19H13FN2OS/c1-22-17-15-8-3-2-5-12(15)9-10-16(17)24-19(22)21-18(23)13-6-4-7-14(20)11-13/h2-11H,1H3. The normalized spacial score (nSPS) is 12.2. The predicted octanol–water partition coefficient (Wildman–Crippen LogP) is 4.27. The SMILES string of the molecule is Cn1c(=NC(=O)c2cccc(F)c2)sc2ccc3ccccc3c21. The lowest BCUT2D eigenvalue weighted by molar-refractivity contribution is 0.0997. The van der Waals surface area contributed by atoms with Crippen molar-refractivity contribution in [2.24, 2.45) is 12.0 Å². The molecule has 3 aromatic carbocycles. The van der Waals surface area contributed by atoms with Crippen molar-refractivity contribution in [3.05, 3.63) is 76.8 Å². The van der Waals surface area contributed by atoms with Crippen molar-refractivity contribution >= 4 is 38.2 Å². The molecule has 0 saturated carbocycles. The molecule has 0 unspecified atom stereocenters. The second kappa shape index (κ2) is 5.69. The van der Waals surface area contributed by atoms with E-state index in [0.717, 1.165) is 21.0 Å². The average molecular weight is 336 g/mol. The van der Waals surface area contributed by atoms with E-state index < -0.39 is 11.7 Å². The second-order valence-corrected chi connectivity index (χ2v) is 6.51. The summed E-state index contributed by atoms with van der Waals surface area (Å²) in [6, 6.07) is 17.8. The van der Waals surface area contributed by atoms with Crippen LogP contribution >= 0.6 is 11.3 Å². The van der Waals surface area contributed by atoms with Crippen LogP contribution in [0.5, 0.6) is 0 Å². The van der Waals surface area contributed by atoms with Gasteiger partial charge < -0.3 is 4.57 Å². The average Bonchev–Trinajstić information content (AvgIpc) is 2.91. The Morgan fingerprint density at radius 2 is 1.92 bits per heavy atom. The van der Waals surface area contributed by atoms with Gasteiger partial charge in [-0.25, -0.2) is 4.39 Å². The molecular formula is C19H13FN2OS. The van der Waals surface area contributed by atoms with Crippen LogP contribution in [0, 0.1) is 5.82 Å². The zero-order chi connectivity index (χ0) is 16.7. The molecule has 0 aliphatic heterocycles. The first-order valence-corrected chi connectivity index (χ1v) is 8.27. The summed E-state index contributed by atoms with van der Waals surface area (Å²) in [4.78, 5) is 17.1. The van der Waals surface area contributed by atoms with Gasteiger partial charge in [0, 0.05) is 18.0 Å². The molecule has 0 spiro atoms. The number of nitrogens with zero attached hydrogens (tertiary/aromatic N) is 2. The zero-order valence-electron chi connectivity index (χ0n) is 12.9. The van der Waals surface area contributed by atoms with Crippen molar-refractivity contribution in [3.63, 3.8) is 0 Å². The minimum atomic E-state index is -0.444. The maximum Gasteiger partial charge on any atom is 0.279 e. The Kier molecular flexibility index (Phi) is 3.50. The second-order valence-electron chi connectivity index (χ2n) is 5.50. The molecule has 0 bridgehead atoms. The lowest BCUT2D eigenvalue weighted by Crippen LogP contribution is -2.13. The molecule has 1 amide bonds. The molecule has 0 N–H and O–H groups in total. The Balaban J connectivity index is 1.93. The maximum absolute atomic E-state index is 13.3. The van der Waals surface area contributed by atoms with Crippen molar-refractivity contribution in [3.8, 4) is 0 Å². The fourth-order valence-corrected chi connectivity index (χ4v) is 3.83. The number of aromatic nitrogens is 1. The van der Waals surface area contributed by atoms with Gasteiger partial charge >= 0.3 is 0 Å². The summed E-state index contributed by atoms with van der Waals surface area (Å²) in [5, 5.41) is 2.26. The van der Waals surface area contributed by atoms with Gasteiger partial charge in [0.05, 0.1) is 10.2 Å². The lowest BCUT2D eigenvalue weighted by Gasteiger charge is -2.01. The van der Waals surface area contributed by atoms with Crippen LogP contribution in [-0.2, 0) is 7.05 Å². The molecule has 3 nitrogen and oxygen atoms in total. The van der Waals surface area contributed by atoms with Crippen molar-refractivity contribution in [2.45, 2.75) is 0 Å². The quantitative estimate of drug-likeness (QED) is 0.511. The van der Waals surface area contributed by atoms with Crippen molar-refractivity contribution in [2.75, 3.05) is 0 Å². The summed E-state index contributed by atoms with van der Waals surface area (Å²) in [5.41, 5.74) is 1.29. The van der Waals surface area contributed by atoms with E-state index >= 15 is 0 Å². The van der Waals surface area contributed by atoms with Crippen LogP contribution in [0.1, 0.15) is 10.4 Å². The highest BCUT2D eigenvalue weighted by atomic mass is 32.1. The molecule has 0 radical (unpaired) electrons. The fourth-order valence-electron chi connectivity index (χ4n) is 2.80. The minimum absolute atomic E-state index is 0.248. The molecule has 0 aliphatic carbocycles. The van der Waals surface area contributed by atoms with Gasteiger partial charge in [0.15, 0.2) is 4.80 Å². The highest BCUT2D eigenvalue weighted by Crippen LogP contribution is 2.26. The van der Waals surface area contributed by atoms with Crippen LogP contribution in [0.25, 0.3) is 21.0 Å². The van der Waals surface area contributed by atoms with Gasteiger partial charge in [-0.1, -0.05) is 47.7 Å². The molecule has 24 heavy (non-hydrogen) atoms. The Labute approximate surface area is 141 Å². The van der Waals surface area contributed by atoms with Gasteiger partial charge in [0.2, 0.25) is 0 Å². The number of aryl methyl sites for hydroxylation is 1. The number of carbonyl (C=O) groups is 1. The summed E-state index contributed by atoms with van der Waals surface area (Å²) < 4.78 is 16.3. The van der Waals surface area contributed by atoms with Gasteiger partial charge in [-0.15, -0.1) is 0 Å². The first-order chi connectivity index (χ1) is 11.6. The highest BCUT2D eigenvalue weighted by Gasteiger charge is 2.10. The number of halogens is 1. The topological polar surface area (TPSA) is 34.4 Å². The van der Waals surface area contributed by atoms with Crippen LogP contribution in [0.2, 0.25) is 0 Å². The summed E-state index contributed by atoms with van der Waals surface area (Å²) in [6.07, 6.45) is 0. The molecular weight excluding hydrogens is 323 g/mol. The number of rotatable bonds is 1. The Bertz CT molecular complexity index is 1160. The fraction of sp³-hybridized carbons (Fsp3) is 0.0526. The number of hydrogen-bond donors (Lipinski definition) is 0. The molecule has 0 fully saturated rings. The lowest BCUT2D eigenvalue weighted by atomic mass is 10.1. The first kappa shape index (κ1) is 14.8. The Morgan fingerprint density at radius 1 is 1.08 bits per heavy atom. The monoisotopic (exact) mass is 336 g/mol. The van der Waals surface area contributed by atoms with E-state index in [1.54, 1.807) is 6.07 Å². The van der Waals surface area contributed by atoms with Crippen LogP contribution in [0.3, 0.4) is 0 Å². The van der Waals surface area contributed by atoms with E-state index in [2.05, 4.69) is 23.2 Å². The van der Waals surface area contributed by atoms with E-state index in [9.17, 15) is 9.18 Å². The molecule has 4 aromatic rings. The largest absolute Gasteiger partial charge is 0.319 e. The summed E-state index contributed by atoms with van der Waals surface area (Å²) in [6.45, 7) is 0. The third-order valence-corrected chi connectivity index (χ3v) is 5.05. The molecule has 1 heterocycles. The number of amides is 1. The molecule has 0 aliphatic rings. The number of fused-ring (bicyclic) bond motifs is 3. The van der Waals surface area contributed by atoms with E-state index in [-0.39, 0.29) is 5.56 Å².